The fraction of sp³-hybridized carbons (Fsp3) is 0.130. The average molecular weight is 423 g/mol. The molecule has 0 amide bonds. The zero-order valence-electron chi connectivity index (χ0n) is 16.8. The molecule has 6 nitrogen and oxygen atoms in total. The molecule has 2 N–H and O–H groups in total. The Morgan fingerprint density at radius 2 is 1.53 bits per heavy atom. The van der Waals surface area contributed by atoms with Crippen molar-refractivity contribution in [3.05, 3.63) is 71.9 Å². The molecule has 0 saturated carbocycles. The number of aryl methyl sites for hydroxylation is 2. The van der Waals surface area contributed by atoms with E-state index in [1.165, 1.54) is 25.4 Å². The van der Waals surface area contributed by atoms with Crippen LogP contribution in [0.5, 0.6) is 23.0 Å². The van der Waals surface area contributed by atoms with Crippen LogP contribution in [0.15, 0.2) is 70.6 Å². The van der Waals surface area contributed by atoms with Gasteiger partial charge in [-0.15, -0.1) is 0 Å². The van der Waals surface area contributed by atoms with Crippen LogP contribution in [0.4, 0.5) is 0 Å². The average Bonchev–Trinajstić information content (AvgIpc) is 3.15. The Hall–Kier alpha value is -3.45. The first-order valence-corrected chi connectivity index (χ1v) is 10.8. The highest BCUT2D eigenvalue weighted by atomic mass is 32.2. The van der Waals surface area contributed by atoms with Gasteiger partial charge in [0, 0.05) is 17.1 Å². The zero-order chi connectivity index (χ0) is 21.5. The van der Waals surface area contributed by atoms with Crippen LogP contribution in [0.3, 0.4) is 0 Å². The van der Waals surface area contributed by atoms with Crippen LogP contribution in [0, 0.1) is 13.8 Å². The number of aromatic hydroxyl groups is 1. The van der Waals surface area contributed by atoms with Gasteiger partial charge < -0.3 is 19.6 Å². The molecule has 0 fully saturated rings. The first-order chi connectivity index (χ1) is 14.3. The molecule has 0 saturated heterocycles. The molecular weight excluding hydrogens is 402 g/mol. The number of ether oxygens (including phenoxy) is 2. The van der Waals surface area contributed by atoms with Crippen molar-refractivity contribution in [2.45, 2.75) is 23.6 Å². The molecule has 0 aliphatic carbocycles. The third-order valence-electron chi connectivity index (χ3n) is 4.94. The fourth-order valence-electron chi connectivity index (χ4n) is 3.45. The first kappa shape index (κ1) is 19.8. The van der Waals surface area contributed by atoms with Crippen LogP contribution in [0.2, 0.25) is 0 Å². The van der Waals surface area contributed by atoms with Crippen molar-refractivity contribution in [3.63, 3.8) is 0 Å². The molecule has 0 aliphatic rings. The van der Waals surface area contributed by atoms with Crippen molar-refractivity contribution < 1.29 is 23.0 Å². The zero-order valence-corrected chi connectivity index (χ0v) is 17.6. The maximum absolute atomic E-state index is 13.2. The molecule has 0 radical (unpaired) electrons. The maximum atomic E-state index is 13.2. The largest absolute Gasteiger partial charge is 0.508 e. The van der Waals surface area contributed by atoms with E-state index in [2.05, 4.69) is 4.98 Å². The van der Waals surface area contributed by atoms with Crippen LogP contribution in [-0.2, 0) is 9.84 Å². The molecule has 4 rings (SSSR count). The standard InChI is InChI=1S/C23H21NO5S/c1-14-10-16(25)11-15(2)23(14)29-18-6-9-21-20(12-18)22(13-24-21)30(26,27)19-7-4-17(28-3)5-8-19/h4-13,24-25H,1-3H3. The maximum Gasteiger partial charge on any atom is 0.208 e. The van der Waals surface area contributed by atoms with Crippen molar-refractivity contribution >= 4 is 20.7 Å². The quantitative estimate of drug-likeness (QED) is 0.465. The van der Waals surface area contributed by atoms with Gasteiger partial charge in [0.15, 0.2) is 0 Å². The van der Waals surface area contributed by atoms with Crippen molar-refractivity contribution in [1.82, 2.24) is 4.98 Å². The summed E-state index contributed by atoms with van der Waals surface area (Å²) in [4.78, 5) is 3.37. The van der Waals surface area contributed by atoms with E-state index in [1.807, 2.05) is 13.8 Å². The van der Waals surface area contributed by atoms with Crippen LogP contribution in [-0.4, -0.2) is 25.6 Å². The number of fused-ring (bicyclic) bond motifs is 1. The Balaban J connectivity index is 1.76. The van der Waals surface area contributed by atoms with E-state index in [1.54, 1.807) is 42.5 Å². The summed E-state index contributed by atoms with van der Waals surface area (Å²) in [5, 5.41) is 10.3. The van der Waals surface area contributed by atoms with Gasteiger partial charge in [0.25, 0.3) is 0 Å². The van der Waals surface area contributed by atoms with Gasteiger partial charge in [-0.25, -0.2) is 8.42 Å². The minimum Gasteiger partial charge on any atom is -0.508 e. The number of hydrogen-bond acceptors (Lipinski definition) is 5. The molecule has 154 valence electrons. The molecule has 0 unspecified atom stereocenters. The molecule has 4 aromatic rings. The van der Waals surface area contributed by atoms with Gasteiger partial charge in [0.2, 0.25) is 9.84 Å². The number of nitrogens with one attached hydrogen (secondary N) is 1. The van der Waals surface area contributed by atoms with Gasteiger partial charge in [-0.3, -0.25) is 0 Å². The monoisotopic (exact) mass is 423 g/mol. The van der Waals surface area contributed by atoms with E-state index >= 15 is 0 Å². The molecule has 30 heavy (non-hydrogen) atoms. The topological polar surface area (TPSA) is 88.6 Å². The second-order valence-electron chi connectivity index (χ2n) is 7.05. The smallest absolute Gasteiger partial charge is 0.208 e. The number of rotatable bonds is 5. The lowest BCUT2D eigenvalue weighted by molar-refractivity contribution is 0.414. The van der Waals surface area contributed by atoms with Crippen LogP contribution < -0.4 is 9.47 Å². The van der Waals surface area contributed by atoms with E-state index in [9.17, 15) is 13.5 Å². The number of H-pyrrole nitrogens is 1. The lowest BCUT2D eigenvalue weighted by Gasteiger charge is -2.12. The predicted octanol–water partition coefficient (Wildman–Crippen LogP) is 5.12. The van der Waals surface area contributed by atoms with Gasteiger partial charge in [-0.05, 0) is 79.6 Å². The summed E-state index contributed by atoms with van der Waals surface area (Å²) in [7, 11) is -2.20. The normalized spacial score (nSPS) is 11.6. The van der Waals surface area contributed by atoms with Crippen molar-refractivity contribution in [3.8, 4) is 23.0 Å². The molecule has 0 spiro atoms. The lowest BCUT2D eigenvalue weighted by atomic mass is 10.1. The van der Waals surface area contributed by atoms with E-state index < -0.39 is 9.84 Å². The van der Waals surface area contributed by atoms with Crippen LogP contribution in [0.25, 0.3) is 10.9 Å². The van der Waals surface area contributed by atoms with E-state index in [0.717, 1.165) is 11.1 Å². The molecule has 0 atom stereocenters. The molecule has 3 aromatic carbocycles. The van der Waals surface area contributed by atoms with Gasteiger partial charge >= 0.3 is 0 Å². The third-order valence-corrected chi connectivity index (χ3v) is 6.75. The van der Waals surface area contributed by atoms with Crippen molar-refractivity contribution in [2.24, 2.45) is 0 Å². The Kier molecular flexibility index (Phi) is 4.91. The van der Waals surface area contributed by atoms with E-state index in [-0.39, 0.29) is 15.5 Å². The number of hydrogen-bond donors (Lipinski definition) is 2. The number of benzene rings is 3. The molecular formula is C23H21NO5S. The van der Waals surface area contributed by atoms with Crippen LogP contribution >= 0.6 is 0 Å². The molecule has 7 heteroatoms. The summed E-state index contributed by atoms with van der Waals surface area (Å²) >= 11 is 0. The number of methoxy groups -OCH3 is 1. The summed E-state index contributed by atoms with van der Waals surface area (Å²) in [6.45, 7) is 3.69. The Bertz CT molecular complexity index is 1320. The number of phenols is 1. The minimum absolute atomic E-state index is 0.173. The van der Waals surface area contributed by atoms with Gasteiger partial charge in [-0.1, -0.05) is 0 Å². The van der Waals surface area contributed by atoms with Gasteiger partial charge in [0.1, 0.15) is 23.0 Å². The molecule has 0 bridgehead atoms. The molecule has 0 aliphatic heterocycles. The summed E-state index contributed by atoms with van der Waals surface area (Å²) in [6, 6.07) is 14.8. The lowest BCUT2D eigenvalue weighted by Crippen LogP contribution is -2.01. The minimum atomic E-state index is -3.73. The number of aromatic nitrogens is 1. The van der Waals surface area contributed by atoms with E-state index in [0.29, 0.717) is 28.2 Å². The molecule has 1 heterocycles. The first-order valence-electron chi connectivity index (χ1n) is 9.28. The second kappa shape index (κ2) is 7.42. The highest BCUT2D eigenvalue weighted by Crippen LogP contribution is 2.35. The van der Waals surface area contributed by atoms with Crippen LogP contribution in [0.1, 0.15) is 11.1 Å². The summed E-state index contributed by atoms with van der Waals surface area (Å²) in [6.07, 6.45) is 1.49. The predicted molar refractivity (Wildman–Crippen MR) is 114 cm³/mol. The van der Waals surface area contributed by atoms with E-state index in [4.69, 9.17) is 9.47 Å². The molecule has 1 aromatic heterocycles. The third kappa shape index (κ3) is 3.48. The van der Waals surface area contributed by atoms with Gasteiger partial charge in [0.05, 0.1) is 16.9 Å². The summed E-state index contributed by atoms with van der Waals surface area (Å²) < 4.78 is 37.5. The number of aromatic amines is 1. The Labute approximate surface area is 174 Å². The number of sulfone groups is 1. The highest BCUT2D eigenvalue weighted by molar-refractivity contribution is 7.91. The van der Waals surface area contributed by atoms with Crippen molar-refractivity contribution in [1.29, 1.82) is 0 Å². The number of phenolic OH excluding ortho intramolecular Hbond substituents is 1. The SMILES string of the molecule is COc1ccc(S(=O)(=O)c2c[nH]c3ccc(Oc4c(C)cc(O)cc4C)cc23)cc1. The fourth-order valence-corrected chi connectivity index (χ4v) is 4.87. The Morgan fingerprint density at radius 3 is 2.17 bits per heavy atom. The van der Waals surface area contributed by atoms with Crippen molar-refractivity contribution in [2.75, 3.05) is 7.11 Å². The Morgan fingerprint density at radius 1 is 0.900 bits per heavy atom. The second-order valence-corrected chi connectivity index (χ2v) is 8.97. The summed E-state index contributed by atoms with van der Waals surface area (Å²) in [5.41, 5.74) is 2.26. The highest BCUT2D eigenvalue weighted by Gasteiger charge is 2.22. The van der Waals surface area contributed by atoms with Gasteiger partial charge in [-0.2, -0.15) is 0 Å². The summed E-state index contributed by atoms with van der Waals surface area (Å²) in [5.74, 6) is 1.89.